The second-order valence-corrected chi connectivity index (χ2v) is 6.26. The maximum Gasteiger partial charge on any atom is 0.337 e. The molecule has 2 atom stereocenters. The second kappa shape index (κ2) is 5.56. The molecule has 0 aromatic heterocycles. The van der Waals surface area contributed by atoms with E-state index in [4.69, 9.17) is 5.73 Å². The topological polar surface area (TPSA) is 69.8 Å². The number of fused-ring (bicyclic) bond motifs is 1. The molecule has 1 aromatic carbocycles. The van der Waals surface area contributed by atoms with Crippen LogP contribution in [0.25, 0.3) is 0 Å². The summed E-state index contributed by atoms with van der Waals surface area (Å²) >= 11 is 0. The summed E-state index contributed by atoms with van der Waals surface area (Å²) in [6, 6.07) is 6.04. The Morgan fingerprint density at radius 2 is 2.14 bits per heavy atom. The first-order valence-corrected chi connectivity index (χ1v) is 7.64. The van der Waals surface area contributed by atoms with Crippen molar-refractivity contribution >= 4 is 17.3 Å². The summed E-state index contributed by atoms with van der Waals surface area (Å²) < 4.78 is 0. The molecule has 2 heterocycles. The molecule has 2 aliphatic heterocycles. The van der Waals surface area contributed by atoms with Crippen LogP contribution < -0.4 is 10.6 Å². The van der Waals surface area contributed by atoms with E-state index in [0.29, 0.717) is 17.6 Å². The van der Waals surface area contributed by atoms with Gasteiger partial charge < -0.3 is 20.6 Å². The highest BCUT2D eigenvalue weighted by Gasteiger charge is 2.34. The van der Waals surface area contributed by atoms with E-state index in [2.05, 4.69) is 16.8 Å². The number of hydrogen-bond donors (Lipinski definition) is 2. The van der Waals surface area contributed by atoms with Crippen molar-refractivity contribution in [1.29, 1.82) is 0 Å². The monoisotopic (exact) mass is 289 g/mol. The highest BCUT2D eigenvalue weighted by Crippen LogP contribution is 2.32. The maximum atomic E-state index is 11.2. The fourth-order valence-electron chi connectivity index (χ4n) is 3.81. The van der Waals surface area contributed by atoms with Crippen LogP contribution in [0.3, 0.4) is 0 Å². The van der Waals surface area contributed by atoms with Gasteiger partial charge in [-0.15, -0.1) is 0 Å². The van der Waals surface area contributed by atoms with E-state index < -0.39 is 5.97 Å². The number of piperidine rings is 2. The van der Waals surface area contributed by atoms with Gasteiger partial charge in [-0.05, 0) is 57.0 Å². The van der Waals surface area contributed by atoms with Gasteiger partial charge in [0.15, 0.2) is 0 Å². The molecular weight excluding hydrogens is 266 g/mol. The molecule has 0 aliphatic carbocycles. The number of likely N-dealkylation sites (tertiary alicyclic amines) is 1. The quantitative estimate of drug-likeness (QED) is 0.814. The lowest BCUT2D eigenvalue weighted by atomic mass is 9.84. The van der Waals surface area contributed by atoms with Gasteiger partial charge in [0, 0.05) is 30.5 Å². The molecule has 3 N–H and O–H groups in total. The average Bonchev–Trinajstić information content (AvgIpc) is 2.47. The van der Waals surface area contributed by atoms with Gasteiger partial charge in [-0.1, -0.05) is 0 Å². The van der Waals surface area contributed by atoms with Crippen LogP contribution in [0, 0.1) is 5.92 Å². The molecule has 3 rings (SSSR count). The summed E-state index contributed by atoms with van der Waals surface area (Å²) in [5.74, 6) is -0.273. The van der Waals surface area contributed by atoms with Gasteiger partial charge in [-0.25, -0.2) is 4.79 Å². The molecule has 0 saturated carbocycles. The lowest BCUT2D eigenvalue weighted by Gasteiger charge is -2.46. The van der Waals surface area contributed by atoms with Gasteiger partial charge >= 0.3 is 5.97 Å². The molecule has 2 unspecified atom stereocenters. The minimum Gasteiger partial charge on any atom is -0.478 e. The lowest BCUT2D eigenvalue weighted by Crippen LogP contribution is -2.52. The largest absolute Gasteiger partial charge is 0.478 e. The average molecular weight is 289 g/mol. The van der Waals surface area contributed by atoms with Crippen molar-refractivity contribution in [2.45, 2.75) is 25.3 Å². The van der Waals surface area contributed by atoms with E-state index in [1.807, 2.05) is 6.07 Å². The summed E-state index contributed by atoms with van der Waals surface area (Å²) in [7, 11) is 2.22. The zero-order chi connectivity index (χ0) is 15.0. The molecule has 2 saturated heterocycles. The molecule has 21 heavy (non-hydrogen) atoms. The first-order valence-electron chi connectivity index (χ1n) is 7.64. The van der Waals surface area contributed by atoms with E-state index in [0.717, 1.165) is 25.2 Å². The summed E-state index contributed by atoms with van der Waals surface area (Å²) in [4.78, 5) is 16.0. The zero-order valence-electron chi connectivity index (χ0n) is 12.5. The third kappa shape index (κ3) is 2.70. The smallest absolute Gasteiger partial charge is 0.337 e. The van der Waals surface area contributed by atoms with Crippen molar-refractivity contribution in [2.24, 2.45) is 5.92 Å². The van der Waals surface area contributed by atoms with E-state index in [-0.39, 0.29) is 5.56 Å². The highest BCUT2D eigenvalue weighted by molar-refractivity contribution is 5.94. The second-order valence-electron chi connectivity index (χ2n) is 6.26. The normalized spacial score (nSPS) is 26.4. The number of nitrogens with two attached hydrogens (primary N) is 1. The Kier molecular flexibility index (Phi) is 3.76. The standard InChI is InChI=1S/C16H23N3O2/c1-18-7-2-3-11-10-19(8-6-15(11)18)12-4-5-14(17)13(9-12)16(20)21/h4-5,9,11,15H,2-3,6-8,10,17H2,1H3,(H,20,21). The number of carboxylic acid groups (broad SMARTS) is 1. The first-order chi connectivity index (χ1) is 10.1. The summed E-state index contributed by atoms with van der Waals surface area (Å²) in [6.07, 6.45) is 3.67. The Bertz CT molecular complexity index is 546. The fourth-order valence-corrected chi connectivity index (χ4v) is 3.81. The molecule has 0 amide bonds. The molecule has 2 fully saturated rings. The van der Waals surface area contributed by atoms with E-state index in [1.165, 1.54) is 19.4 Å². The molecule has 0 bridgehead atoms. The lowest BCUT2D eigenvalue weighted by molar-refractivity contribution is 0.0698. The number of carboxylic acids is 1. The van der Waals surface area contributed by atoms with Gasteiger partial charge in [0.2, 0.25) is 0 Å². The van der Waals surface area contributed by atoms with E-state index in [9.17, 15) is 9.90 Å². The van der Waals surface area contributed by atoms with Gasteiger partial charge in [0.1, 0.15) is 0 Å². The number of hydrogen-bond acceptors (Lipinski definition) is 4. The van der Waals surface area contributed by atoms with E-state index >= 15 is 0 Å². The van der Waals surface area contributed by atoms with Gasteiger partial charge in [0.25, 0.3) is 0 Å². The number of nitrogens with zero attached hydrogens (tertiary/aromatic N) is 2. The van der Waals surface area contributed by atoms with Crippen LogP contribution in [-0.2, 0) is 0 Å². The minimum absolute atomic E-state index is 0.204. The maximum absolute atomic E-state index is 11.2. The minimum atomic E-state index is -0.957. The Morgan fingerprint density at radius 1 is 1.33 bits per heavy atom. The van der Waals surface area contributed by atoms with Gasteiger partial charge in [-0.3, -0.25) is 0 Å². The number of nitrogen functional groups attached to an aromatic ring is 1. The van der Waals surface area contributed by atoms with Crippen LogP contribution in [0.1, 0.15) is 29.6 Å². The van der Waals surface area contributed by atoms with Crippen LogP contribution in [-0.4, -0.2) is 48.7 Å². The summed E-state index contributed by atoms with van der Waals surface area (Å²) in [5, 5.41) is 9.21. The van der Waals surface area contributed by atoms with Crippen molar-refractivity contribution in [1.82, 2.24) is 4.90 Å². The highest BCUT2D eigenvalue weighted by atomic mass is 16.4. The number of benzene rings is 1. The predicted molar refractivity (Wildman–Crippen MR) is 83.8 cm³/mol. The molecule has 1 aromatic rings. The van der Waals surface area contributed by atoms with Crippen LogP contribution in [0.5, 0.6) is 0 Å². The van der Waals surface area contributed by atoms with Gasteiger partial charge in [-0.2, -0.15) is 0 Å². The number of rotatable bonds is 2. The Labute approximate surface area is 125 Å². The van der Waals surface area contributed by atoms with Crippen LogP contribution >= 0.6 is 0 Å². The van der Waals surface area contributed by atoms with Crippen LogP contribution in [0.2, 0.25) is 0 Å². The number of anilines is 2. The van der Waals surface area contributed by atoms with Crippen molar-refractivity contribution in [3.8, 4) is 0 Å². The molecule has 0 spiro atoms. The van der Waals surface area contributed by atoms with Crippen molar-refractivity contribution in [3.05, 3.63) is 23.8 Å². The van der Waals surface area contributed by atoms with Crippen molar-refractivity contribution in [3.63, 3.8) is 0 Å². The number of aromatic carboxylic acids is 1. The molecule has 114 valence electrons. The Balaban J connectivity index is 1.79. The first kappa shape index (κ1) is 14.2. The molecule has 2 aliphatic rings. The zero-order valence-corrected chi connectivity index (χ0v) is 12.5. The molecular formula is C16H23N3O2. The fraction of sp³-hybridized carbons (Fsp3) is 0.562. The summed E-state index contributed by atoms with van der Waals surface area (Å²) in [6.45, 7) is 3.19. The number of carbonyl (C=O) groups is 1. The van der Waals surface area contributed by atoms with Crippen LogP contribution in [0.15, 0.2) is 18.2 Å². The summed E-state index contributed by atoms with van der Waals surface area (Å²) in [5.41, 5.74) is 7.25. The molecule has 5 nitrogen and oxygen atoms in total. The van der Waals surface area contributed by atoms with Crippen LogP contribution in [0.4, 0.5) is 11.4 Å². The third-order valence-corrected chi connectivity index (χ3v) is 4.98. The molecule has 5 heteroatoms. The SMILES string of the molecule is CN1CCCC2CN(c3ccc(N)c(C(=O)O)c3)CCC21. The molecule has 0 radical (unpaired) electrons. The Morgan fingerprint density at radius 3 is 2.90 bits per heavy atom. The Hall–Kier alpha value is -1.75. The van der Waals surface area contributed by atoms with E-state index in [1.54, 1.807) is 12.1 Å². The predicted octanol–water partition coefficient (Wildman–Crippen LogP) is 1.89. The van der Waals surface area contributed by atoms with Crippen molar-refractivity contribution in [2.75, 3.05) is 37.3 Å². The van der Waals surface area contributed by atoms with Crippen molar-refractivity contribution < 1.29 is 9.90 Å². The third-order valence-electron chi connectivity index (χ3n) is 4.98. The van der Waals surface area contributed by atoms with Gasteiger partial charge in [0.05, 0.1) is 5.56 Å².